The molecule has 114 valence electrons. The highest BCUT2D eigenvalue weighted by Crippen LogP contribution is 2.40. The van der Waals surface area contributed by atoms with Crippen molar-refractivity contribution in [3.05, 3.63) is 44.1 Å². The second-order valence-corrected chi connectivity index (χ2v) is 6.42. The van der Waals surface area contributed by atoms with Crippen molar-refractivity contribution in [1.82, 2.24) is 5.32 Å². The molecule has 0 bridgehead atoms. The van der Waals surface area contributed by atoms with Crippen LogP contribution in [0.5, 0.6) is 11.5 Å². The van der Waals surface area contributed by atoms with Crippen molar-refractivity contribution in [1.29, 1.82) is 0 Å². The van der Waals surface area contributed by atoms with Crippen molar-refractivity contribution in [3.63, 3.8) is 0 Å². The van der Waals surface area contributed by atoms with Gasteiger partial charge in [-0.3, -0.25) is 0 Å². The second kappa shape index (κ2) is 7.29. The van der Waals surface area contributed by atoms with E-state index in [-0.39, 0.29) is 6.04 Å². The summed E-state index contributed by atoms with van der Waals surface area (Å²) in [7, 11) is 5.34. The Labute approximate surface area is 138 Å². The lowest BCUT2D eigenvalue weighted by atomic mass is 10.0. The van der Waals surface area contributed by atoms with Gasteiger partial charge in [0.05, 0.1) is 24.7 Å². The molecule has 1 heterocycles. The monoisotopic (exact) mass is 369 g/mol. The van der Waals surface area contributed by atoms with Crippen LogP contribution in [0.4, 0.5) is 0 Å². The number of thiophene rings is 1. The Hall–Kier alpha value is -1.04. The quantitative estimate of drug-likeness (QED) is 0.818. The number of benzene rings is 1. The predicted octanol–water partition coefficient (Wildman–Crippen LogP) is 4.40. The lowest BCUT2D eigenvalue weighted by molar-refractivity contribution is 0.393. The molecule has 0 spiro atoms. The number of nitrogens with one attached hydrogen (secondary N) is 1. The van der Waals surface area contributed by atoms with Crippen LogP contribution in [0.2, 0.25) is 0 Å². The maximum absolute atomic E-state index is 5.56. The molecule has 0 saturated carbocycles. The second-order valence-electron chi connectivity index (χ2n) is 4.61. The fourth-order valence-corrected chi connectivity index (χ4v) is 4.04. The van der Waals surface area contributed by atoms with Gasteiger partial charge in [-0.2, -0.15) is 0 Å². The third-order valence-electron chi connectivity index (χ3n) is 3.53. The first-order chi connectivity index (χ1) is 10.2. The van der Waals surface area contributed by atoms with Crippen LogP contribution in [-0.2, 0) is 6.42 Å². The summed E-state index contributed by atoms with van der Waals surface area (Å²) in [5.41, 5.74) is 2.44. The van der Waals surface area contributed by atoms with Crippen LogP contribution in [0.3, 0.4) is 0 Å². The first-order valence-corrected chi connectivity index (χ1v) is 8.48. The van der Waals surface area contributed by atoms with Gasteiger partial charge in [-0.05, 0) is 58.5 Å². The van der Waals surface area contributed by atoms with Crippen LogP contribution < -0.4 is 14.8 Å². The Morgan fingerprint density at radius 1 is 1.24 bits per heavy atom. The van der Waals surface area contributed by atoms with Crippen LogP contribution in [0.15, 0.2) is 28.1 Å². The van der Waals surface area contributed by atoms with Gasteiger partial charge in [0.25, 0.3) is 0 Å². The Kier molecular flexibility index (Phi) is 5.67. The maximum Gasteiger partial charge on any atom is 0.133 e. The molecule has 0 aliphatic heterocycles. The minimum atomic E-state index is 0.0944. The third-order valence-corrected chi connectivity index (χ3v) is 5.17. The molecule has 5 heteroatoms. The SMILES string of the molecule is CCc1ccsc1C(NC)c1cc(OC)c(Br)cc1OC. The normalized spacial score (nSPS) is 12.2. The summed E-state index contributed by atoms with van der Waals surface area (Å²) in [6.07, 6.45) is 1.02. The zero-order chi connectivity index (χ0) is 15.4. The van der Waals surface area contributed by atoms with Gasteiger partial charge in [0, 0.05) is 10.4 Å². The van der Waals surface area contributed by atoms with Crippen LogP contribution in [-0.4, -0.2) is 21.3 Å². The molecule has 21 heavy (non-hydrogen) atoms. The zero-order valence-electron chi connectivity index (χ0n) is 12.7. The van der Waals surface area contributed by atoms with E-state index in [0.29, 0.717) is 0 Å². The van der Waals surface area contributed by atoms with Gasteiger partial charge in [-0.15, -0.1) is 11.3 Å². The lowest BCUT2D eigenvalue weighted by Gasteiger charge is -2.21. The minimum absolute atomic E-state index is 0.0944. The number of methoxy groups -OCH3 is 2. The van der Waals surface area contributed by atoms with Crippen molar-refractivity contribution in [2.45, 2.75) is 19.4 Å². The average molecular weight is 370 g/mol. The smallest absolute Gasteiger partial charge is 0.133 e. The van der Waals surface area contributed by atoms with Gasteiger partial charge < -0.3 is 14.8 Å². The van der Waals surface area contributed by atoms with Crippen LogP contribution in [0, 0.1) is 0 Å². The number of ether oxygens (including phenoxy) is 2. The van der Waals surface area contributed by atoms with E-state index in [1.54, 1.807) is 25.6 Å². The standard InChI is InChI=1S/C16H20BrNO2S/c1-5-10-6-7-21-16(10)15(18-2)11-8-14(20-4)12(17)9-13(11)19-3/h6-9,15,18H,5H2,1-4H3. The average Bonchev–Trinajstić information content (AvgIpc) is 2.97. The molecule has 1 N–H and O–H groups in total. The molecule has 0 radical (unpaired) electrons. The third kappa shape index (κ3) is 3.25. The van der Waals surface area contributed by atoms with Crippen molar-refractivity contribution in [3.8, 4) is 11.5 Å². The number of aryl methyl sites for hydroxylation is 1. The molecular formula is C16H20BrNO2S. The van der Waals surface area contributed by atoms with Crippen LogP contribution in [0.1, 0.15) is 29.0 Å². The predicted molar refractivity (Wildman–Crippen MR) is 91.8 cm³/mol. The molecule has 0 amide bonds. The van der Waals surface area contributed by atoms with Gasteiger partial charge in [0.15, 0.2) is 0 Å². The van der Waals surface area contributed by atoms with Gasteiger partial charge >= 0.3 is 0 Å². The Morgan fingerprint density at radius 2 is 1.95 bits per heavy atom. The minimum Gasteiger partial charge on any atom is -0.496 e. The summed E-state index contributed by atoms with van der Waals surface area (Å²) in [6.45, 7) is 2.18. The number of hydrogen-bond acceptors (Lipinski definition) is 4. The maximum atomic E-state index is 5.56. The number of halogens is 1. The highest BCUT2D eigenvalue weighted by Gasteiger charge is 2.22. The molecule has 0 aliphatic carbocycles. The molecule has 0 aliphatic rings. The molecule has 1 aromatic carbocycles. The van der Waals surface area contributed by atoms with Crippen LogP contribution in [0.25, 0.3) is 0 Å². The van der Waals surface area contributed by atoms with Gasteiger partial charge in [0.1, 0.15) is 11.5 Å². The molecule has 1 aromatic heterocycles. The van der Waals surface area contributed by atoms with Gasteiger partial charge in [-0.1, -0.05) is 6.92 Å². The molecule has 0 saturated heterocycles. The summed E-state index contributed by atoms with van der Waals surface area (Å²) in [5.74, 6) is 1.65. The zero-order valence-corrected chi connectivity index (χ0v) is 15.1. The van der Waals surface area contributed by atoms with E-state index in [1.165, 1.54) is 10.4 Å². The fourth-order valence-electron chi connectivity index (χ4n) is 2.43. The summed E-state index contributed by atoms with van der Waals surface area (Å²) < 4.78 is 11.9. The van der Waals surface area contributed by atoms with Gasteiger partial charge in [0.2, 0.25) is 0 Å². The highest BCUT2D eigenvalue weighted by molar-refractivity contribution is 9.10. The highest BCUT2D eigenvalue weighted by atomic mass is 79.9. The van der Waals surface area contributed by atoms with Crippen molar-refractivity contribution >= 4 is 27.3 Å². The number of rotatable bonds is 6. The lowest BCUT2D eigenvalue weighted by Crippen LogP contribution is -2.18. The first kappa shape index (κ1) is 16.3. The first-order valence-electron chi connectivity index (χ1n) is 6.81. The summed E-state index contributed by atoms with van der Waals surface area (Å²) in [4.78, 5) is 1.32. The summed E-state index contributed by atoms with van der Waals surface area (Å²) >= 11 is 5.28. The number of hydrogen-bond donors (Lipinski definition) is 1. The summed E-state index contributed by atoms with van der Waals surface area (Å²) in [5, 5.41) is 5.54. The fraction of sp³-hybridized carbons (Fsp3) is 0.375. The molecule has 3 nitrogen and oxygen atoms in total. The molecule has 2 rings (SSSR count). The topological polar surface area (TPSA) is 30.5 Å². The van der Waals surface area contributed by atoms with E-state index < -0.39 is 0 Å². The van der Waals surface area contributed by atoms with E-state index in [9.17, 15) is 0 Å². The molecule has 1 unspecified atom stereocenters. The van der Waals surface area contributed by atoms with E-state index in [1.807, 2.05) is 19.2 Å². The van der Waals surface area contributed by atoms with Crippen LogP contribution >= 0.6 is 27.3 Å². The van der Waals surface area contributed by atoms with E-state index in [2.05, 4.69) is 39.6 Å². The Balaban J connectivity index is 2.56. The van der Waals surface area contributed by atoms with Gasteiger partial charge in [-0.25, -0.2) is 0 Å². The molecule has 2 aromatic rings. The molecule has 0 fully saturated rings. The largest absolute Gasteiger partial charge is 0.496 e. The van der Waals surface area contributed by atoms with E-state index >= 15 is 0 Å². The molecule has 1 atom stereocenters. The summed E-state index contributed by atoms with van der Waals surface area (Å²) in [6, 6.07) is 6.27. The molecular weight excluding hydrogens is 350 g/mol. The van der Waals surface area contributed by atoms with E-state index in [4.69, 9.17) is 9.47 Å². The Bertz CT molecular complexity index is 612. The van der Waals surface area contributed by atoms with Crippen molar-refractivity contribution in [2.24, 2.45) is 0 Å². The van der Waals surface area contributed by atoms with E-state index in [0.717, 1.165) is 28.0 Å². The Morgan fingerprint density at radius 3 is 2.52 bits per heavy atom. The van der Waals surface area contributed by atoms with Crippen molar-refractivity contribution in [2.75, 3.05) is 21.3 Å². The van der Waals surface area contributed by atoms with Crippen molar-refractivity contribution < 1.29 is 9.47 Å².